The van der Waals surface area contributed by atoms with Crippen LogP contribution in [0.5, 0.6) is 0 Å². The largest absolute Gasteiger partial charge is 0.416 e. The molecule has 6 heteroatoms. The van der Waals surface area contributed by atoms with Gasteiger partial charge in [-0.05, 0) is 43.4 Å². The van der Waals surface area contributed by atoms with Gasteiger partial charge in [0.25, 0.3) is 0 Å². The Labute approximate surface area is 115 Å². The minimum atomic E-state index is -4.38. The molecule has 1 aromatic rings. The predicted octanol–water partition coefficient (Wildman–Crippen LogP) is 2.95. The first-order chi connectivity index (χ1) is 9.36. The molecular weight excluding hydrogens is 269 g/mol. The van der Waals surface area contributed by atoms with Crippen LogP contribution in [0.4, 0.5) is 18.9 Å². The molecule has 2 rings (SSSR count). The van der Waals surface area contributed by atoms with Crippen molar-refractivity contribution in [2.24, 2.45) is 5.92 Å². The van der Waals surface area contributed by atoms with E-state index in [0.717, 1.165) is 18.9 Å². The number of aryl methyl sites for hydroxylation is 1. The van der Waals surface area contributed by atoms with E-state index in [1.54, 1.807) is 6.07 Å². The lowest BCUT2D eigenvalue weighted by atomic mass is 10.1. The summed E-state index contributed by atoms with van der Waals surface area (Å²) in [6, 6.07) is 3.97. The molecule has 1 fully saturated rings. The molecule has 0 saturated heterocycles. The molecule has 0 aliphatic heterocycles. The summed E-state index contributed by atoms with van der Waals surface area (Å²) in [6.07, 6.45) is -2.10. The predicted molar refractivity (Wildman–Crippen MR) is 70.4 cm³/mol. The van der Waals surface area contributed by atoms with E-state index >= 15 is 0 Å². The van der Waals surface area contributed by atoms with E-state index < -0.39 is 11.7 Å². The van der Waals surface area contributed by atoms with E-state index in [-0.39, 0.29) is 18.0 Å². The second-order valence-electron chi connectivity index (χ2n) is 5.13. The van der Waals surface area contributed by atoms with Crippen molar-refractivity contribution in [1.82, 2.24) is 5.32 Å². The molecule has 0 bridgehead atoms. The van der Waals surface area contributed by atoms with E-state index in [1.807, 2.05) is 0 Å². The molecule has 1 aliphatic carbocycles. The molecule has 3 nitrogen and oxygen atoms in total. The average molecular weight is 286 g/mol. The third-order valence-electron chi connectivity index (χ3n) is 3.28. The zero-order valence-electron chi connectivity index (χ0n) is 11.2. The molecule has 1 aliphatic rings. The van der Waals surface area contributed by atoms with Gasteiger partial charge in [-0.2, -0.15) is 13.2 Å². The fourth-order valence-corrected chi connectivity index (χ4v) is 1.86. The van der Waals surface area contributed by atoms with Crippen LogP contribution >= 0.6 is 0 Å². The Morgan fingerprint density at radius 2 is 2.05 bits per heavy atom. The second kappa shape index (κ2) is 5.73. The first kappa shape index (κ1) is 14.7. The Bertz CT molecular complexity index is 496. The molecule has 1 amide bonds. The summed E-state index contributed by atoms with van der Waals surface area (Å²) in [5, 5.41) is 5.46. The van der Waals surface area contributed by atoms with Crippen molar-refractivity contribution in [2.75, 3.05) is 18.4 Å². The van der Waals surface area contributed by atoms with Crippen LogP contribution in [-0.4, -0.2) is 19.0 Å². The number of carbonyl (C=O) groups is 1. The summed E-state index contributed by atoms with van der Waals surface area (Å²) < 4.78 is 38.2. The molecule has 0 atom stereocenters. The van der Waals surface area contributed by atoms with Crippen LogP contribution in [0.3, 0.4) is 0 Å². The van der Waals surface area contributed by atoms with E-state index in [1.165, 1.54) is 13.0 Å². The zero-order valence-corrected chi connectivity index (χ0v) is 11.2. The topological polar surface area (TPSA) is 41.1 Å². The lowest BCUT2D eigenvalue weighted by Crippen LogP contribution is -2.31. The monoisotopic (exact) mass is 286 g/mol. The van der Waals surface area contributed by atoms with Gasteiger partial charge in [0.05, 0.1) is 12.1 Å². The molecule has 0 heterocycles. The van der Waals surface area contributed by atoms with Crippen molar-refractivity contribution in [3.05, 3.63) is 29.3 Å². The minimum Gasteiger partial charge on any atom is -0.376 e. The van der Waals surface area contributed by atoms with Crippen molar-refractivity contribution in [3.8, 4) is 0 Å². The van der Waals surface area contributed by atoms with E-state index in [9.17, 15) is 18.0 Å². The number of hydrogen-bond acceptors (Lipinski definition) is 2. The molecule has 0 spiro atoms. The summed E-state index contributed by atoms with van der Waals surface area (Å²) in [4.78, 5) is 11.5. The number of anilines is 1. The van der Waals surface area contributed by atoms with E-state index in [2.05, 4.69) is 10.6 Å². The highest BCUT2D eigenvalue weighted by Crippen LogP contribution is 2.33. The van der Waals surface area contributed by atoms with Crippen molar-refractivity contribution in [1.29, 1.82) is 0 Å². The summed E-state index contributed by atoms with van der Waals surface area (Å²) in [5.41, 5.74) is -0.216. The number of carbonyl (C=O) groups excluding carboxylic acids is 1. The maximum Gasteiger partial charge on any atom is 0.416 e. The third-order valence-corrected chi connectivity index (χ3v) is 3.28. The molecule has 1 aromatic carbocycles. The summed E-state index contributed by atoms with van der Waals surface area (Å²) >= 11 is 0. The van der Waals surface area contributed by atoms with Crippen molar-refractivity contribution >= 4 is 11.6 Å². The van der Waals surface area contributed by atoms with E-state index in [0.29, 0.717) is 18.2 Å². The summed E-state index contributed by atoms with van der Waals surface area (Å²) in [7, 11) is 0. The number of halogens is 3. The van der Waals surface area contributed by atoms with Crippen LogP contribution < -0.4 is 10.6 Å². The molecule has 2 N–H and O–H groups in total. The van der Waals surface area contributed by atoms with Gasteiger partial charge in [0.1, 0.15) is 0 Å². The fourth-order valence-electron chi connectivity index (χ4n) is 1.86. The molecule has 20 heavy (non-hydrogen) atoms. The Hall–Kier alpha value is -1.72. The fraction of sp³-hybridized carbons (Fsp3) is 0.500. The highest BCUT2D eigenvalue weighted by Gasteiger charge is 2.32. The molecule has 110 valence electrons. The maximum absolute atomic E-state index is 12.7. The number of alkyl halides is 3. The van der Waals surface area contributed by atoms with E-state index in [4.69, 9.17) is 0 Å². The number of rotatable bonds is 5. The lowest BCUT2D eigenvalue weighted by Gasteiger charge is -2.13. The minimum absolute atomic E-state index is 0.0208. The summed E-state index contributed by atoms with van der Waals surface area (Å²) in [5.74, 6) is 0.376. The molecule has 0 aromatic heterocycles. The molecule has 1 saturated carbocycles. The van der Waals surface area contributed by atoms with Crippen LogP contribution in [0.2, 0.25) is 0 Å². The number of amides is 1. The highest BCUT2D eigenvalue weighted by atomic mass is 19.4. The average Bonchev–Trinajstić information content (AvgIpc) is 3.18. The van der Waals surface area contributed by atoms with Crippen molar-refractivity contribution in [2.45, 2.75) is 25.9 Å². The Morgan fingerprint density at radius 3 is 2.65 bits per heavy atom. The Kier molecular flexibility index (Phi) is 4.20. The van der Waals surface area contributed by atoms with Gasteiger partial charge in [-0.15, -0.1) is 0 Å². The smallest absolute Gasteiger partial charge is 0.376 e. The van der Waals surface area contributed by atoms with Gasteiger partial charge in [-0.25, -0.2) is 0 Å². The zero-order chi connectivity index (χ0) is 14.8. The highest BCUT2D eigenvalue weighted by molar-refractivity contribution is 5.80. The van der Waals surface area contributed by atoms with Gasteiger partial charge >= 0.3 is 6.18 Å². The number of nitrogens with one attached hydrogen (secondary N) is 2. The number of benzene rings is 1. The first-order valence-electron chi connectivity index (χ1n) is 6.54. The molecule has 0 radical (unpaired) electrons. The van der Waals surface area contributed by atoms with Crippen LogP contribution in [0, 0.1) is 12.8 Å². The second-order valence-corrected chi connectivity index (χ2v) is 5.13. The first-order valence-corrected chi connectivity index (χ1v) is 6.54. The van der Waals surface area contributed by atoms with Gasteiger partial charge in [0, 0.05) is 12.2 Å². The van der Waals surface area contributed by atoms with Crippen LogP contribution in [0.25, 0.3) is 0 Å². The van der Waals surface area contributed by atoms with Gasteiger partial charge in [-0.3, -0.25) is 4.79 Å². The lowest BCUT2D eigenvalue weighted by molar-refractivity contribution is -0.138. The molecule has 0 unspecified atom stereocenters. The Balaban J connectivity index is 1.90. The van der Waals surface area contributed by atoms with Gasteiger partial charge in [-0.1, -0.05) is 6.07 Å². The third kappa shape index (κ3) is 4.15. The standard InChI is InChI=1S/C14H17F3N2O/c1-9-2-5-11(6-12(9)14(15,16)17)18-8-13(20)19-7-10-3-4-10/h2,5-6,10,18H,3-4,7-8H2,1H3,(H,19,20). The van der Waals surface area contributed by atoms with Crippen LogP contribution in [0.1, 0.15) is 24.0 Å². The summed E-state index contributed by atoms with van der Waals surface area (Å²) in [6.45, 7) is 2.05. The maximum atomic E-state index is 12.7. The van der Waals surface area contributed by atoms with Gasteiger partial charge in [0.15, 0.2) is 0 Å². The number of hydrogen-bond donors (Lipinski definition) is 2. The SMILES string of the molecule is Cc1ccc(NCC(=O)NCC2CC2)cc1C(F)(F)F. The van der Waals surface area contributed by atoms with Crippen LogP contribution in [0.15, 0.2) is 18.2 Å². The van der Waals surface area contributed by atoms with Crippen molar-refractivity contribution in [3.63, 3.8) is 0 Å². The van der Waals surface area contributed by atoms with Gasteiger partial charge < -0.3 is 10.6 Å². The molecular formula is C14H17F3N2O. The normalized spacial score (nSPS) is 15.0. The van der Waals surface area contributed by atoms with Crippen LogP contribution in [-0.2, 0) is 11.0 Å². The Morgan fingerprint density at radius 1 is 1.35 bits per heavy atom. The quantitative estimate of drug-likeness (QED) is 0.873. The van der Waals surface area contributed by atoms with Gasteiger partial charge in [0.2, 0.25) is 5.91 Å². The van der Waals surface area contributed by atoms with Crippen molar-refractivity contribution < 1.29 is 18.0 Å².